The van der Waals surface area contributed by atoms with Crippen LogP contribution in [0.1, 0.15) is 11.3 Å². The normalized spacial score (nSPS) is 15.6. The molecular weight excluding hydrogens is 418 g/mol. The first kappa shape index (κ1) is 20.1. The lowest BCUT2D eigenvalue weighted by Gasteiger charge is -2.22. The Labute approximate surface area is 181 Å². The molecule has 2 aromatic heterocycles. The Bertz CT molecular complexity index is 1090. The van der Waals surface area contributed by atoms with Crippen molar-refractivity contribution in [2.45, 2.75) is 12.5 Å². The highest BCUT2D eigenvalue weighted by Crippen LogP contribution is 2.26. The highest BCUT2D eigenvalue weighted by atomic mass is 32.2. The van der Waals surface area contributed by atoms with Gasteiger partial charge in [0.1, 0.15) is 11.0 Å². The first-order valence-electron chi connectivity index (χ1n) is 9.17. The van der Waals surface area contributed by atoms with Crippen LogP contribution < -0.4 is 5.32 Å². The monoisotopic (exact) mass is 435 g/mol. The second-order valence-electron chi connectivity index (χ2n) is 6.62. The molecule has 0 bridgehead atoms. The first-order valence-corrected chi connectivity index (χ1v) is 11.2. The summed E-state index contributed by atoms with van der Waals surface area (Å²) in [7, 11) is 0. The van der Waals surface area contributed by atoms with Crippen molar-refractivity contribution in [1.82, 2.24) is 14.9 Å². The van der Waals surface area contributed by atoms with Crippen molar-refractivity contribution in [1.29, 1.82) is 5.26 Å². The van der Waals surface area contributed by atoms with Gasteiger partial charge in [0, 0.05) is 34.8 Å². The fourth-order valence-electron chi connectivity index (χ4n) is 3.03. The second kappa shape index (κ2) is 9.07. The number of amides is 2. The van der Waals surface area contributed by atoms with Crippen molar-refractivity contribution in [3.8, 4) is 16.6 Å². The van der Waals surface area contributed by atoms with Gasteiger partial charge in [-0.15, -0.1) is 23.1 Å². The van der Waals surface area contributed by atoms with Crippen LogP contribution in [0.15, 0.2) is 54.2 Å². The number of aromatic nitrogens is 2. The molecule has 1 aromatic carbocycles. The number of anilines is 1. The topological polar surface area (TPSA) is 99.0 Å². The second-order valence-corrected chi connectivity index (χ2v) is 8.48. The molecule has 1 atom stereocenters. The summed E-state index contributed by atoms with van der Waals surface area (Å²) < 4.78 is 0. The zero-order valence-corrected chi connectivity index (χ0v) is 17.4. The number of nitriles is 1. The predicted molar refractivity (Wildman–Crippen MR) is 117 cm³/mol. The van der Waals surface area contributed by atoms with Gasteiger partial charge in [-0.3, -0.25) is 14.6 Å². The lowest BCUT2D eigenvalue weighted by molar-refractivity contribution is -0.135. The van der Waals surface area contributed by atoms with Gasteiger partial charge < -0.3 is 10.2 Å². The van der Waals surface area contributed by atoms with Crippen molar-refractivity contribution >= 4 is 40.6 Å². The van der Waals surface area contributed by atoms with Gasteiger partial charge in [-0.05, 0) is 36.4 Å². The van der Waals surface area contributed by atoms with E-state index in [0.29, 0.717) is 28.6 Å². The van der Waals surface area contributed by atoms with E-state index < -0.39 is 6.04 Å². The summed E-state index contributed by atoms with van der Waals surface area (Å²) in [4.78, 5) is 35.8. The number of carbonyl (C=O) groups is 2. The molecule has 150 valence electrons. The first-order chi connectivity index (χ1) is 14.6. The van der Waals surface area contributed by atoms with Gasteiger partial charge in [0.25, 0.3) is 0 Å². The van der Waals surface area contributed by atoms with E-state index in [9.17, 15) is 9.59 Å². The number of thiazole rings is 1. The van der Waals surface area contributed by atoms with Gasteiger partial charge in [0.2, 0.25) is 11.8 Å². The average Bonchev–Trinajstić information content (AvgIpc) is 3.45. The number of pyridine rings is 1. The standard InChI is InChI=1S/C21H17N5O2S2/c22-9-14-3-5-16(6-4-14)24-20(28)18-12-29-13-26(18)19(27)8-17-11-30-21(25-17)15-2-1-7-23-10-15/h1-7,10-11,18H,8,12-13H2,(H,24,28). The van der Waals surface area contributed by atoms with Crippen LogP contribution in [0.5, 0.6) is 0 Å². The molecule has 0 radical (unpaired) electrons. The van der Waals surface area contributed by atoms with E-state index in [0.717, 1.165) is 10.6 Å². The Kier molecular flexibility index (Phi) is 6.07. The van der Waals surface area contributed by atoms with E-state index in [1.807, 2.05) is 23.6 Å². The molecule has 0 aliphatic carbocycles. The van der Waals surface area contributed by atoms with Crippen LogP contribution in [0, 0.1) is 11.3 Å². The number of carbonyl (C=O) groups excluding carboxylic acids is 2. The summed E-state index contributed by atoms with van der Waals surface area (Å²) in [5.41, 5.74) is 2.73. The third-order valence-corrected chi connectivity index (χ3v) is 6.53. The van der Waals surface area contributed by atoms with Crippen LogP contribution in [0.4, 0.5) is 5.69 Å². The fourth-order valence-corrected chi connectivity index (χ4v) is 5.02. The predicted octanol–water partition coefficient (Wildman–Crippen LogP) is 3.16. The number of nitrogens with one attached hydrogen (secondary N) is 1. The molecule has 4 rings (SSSR count). The summed E-state index contributed by atoms with van der Waals surface area (Å²) in [6, 6.07) is 11.9. The van der Waals surface area contributed by atoms with E-state index in [2.05, 4.69) is 15.3 Å². The van der Waals surface area contributed by atoms with Gasteiger partial charge in [0.15, 0.2) is 0 Å². The summed E-state index contributed by atoms with van der Waals surface area (Å²) in [6.07, 6.45) is 3.60. The molecule has 2 amide bonds. The van der Waals surface area contributed by atoms with Crippen molar-refractivity contribution in [3.63, 3.8) is 0 Å². The van der Waals surface area contributed by atoms with Gasteiger partial charge in [-0.25, -0.2) is 4.98 Å². The van der Waals surface area contributed by atoms with E-state index in [1.54, 1.807) is 53.3 Å². The van der Waals surface area contributed by atoms with Gasteiger partial charge in [0.05, 0.1) is 29.6 Å². The van der Waals surface area contributed by atoms with Crippen molar-refractivity contribution in [3.05, 3.63) is 65.4 Å². The molecule has 1 fully saturated rings. The van der Waals surface area contributed by atoms with E-state index >= 15 is 0 Å². The minimum atomic E-state index is -0.533. The molecule has 7 nitrogen and oxygen atoms in total. The van der Waals surface area contributed by atoms with Crippen molar-refractivity contribution < 1.29 is 9.59 Å². The van der Waals surface area contributed by atoms with Crippen LogP contribution in [0.25, 0.3) is 10.6 Å². The zero-order chi connectivity index (χ0) is 20.9. The molecule has 3 heterocycles. The van der Waals surface area contributed by atoms with Crippen LogP contribution in [-0.2, 0) is 16.0 Å². The Morgan fingerprint density at radius 1 is 1.27 bits per heavy atom. The number of thioether (sulfide) groups is 1. The third kappa shape index (κ3) is 4.50. The summed E-state index contributed by atoms with van der Waals surface area (Å²) in [6.45, 7) is 0. The molecular formula is C21H17N5O2S2. The minimum absolute atomic E-state index is 0.122. The number of hydrogen-bond acceptors (Lipinski definition) is 7. The zero-order valence-electron chi connectivity index (χ0n) is 15.8. The molecule has 9 heteroatoms. The summed E-state index contributed by atoms with van der Waals surface area (Å²) in [5, 5.41) is 14.4. The van der Waals surface area contributed by atoms with Crippen LogP contribution in [-0.4, -0.2) is 44.4 Å². The largest absolute Gasteiger partial charge is 0.324 e. The van der Waals surface area contributed by atoms with Crippen molar-refractivity contribution in [2.75, 3.05) is 16.9 Å². The van der Waals surface area contributed by atoms with Gasteiger partial charge in [-0.2, -0.15) is 5.26 Å². The van der Waals surface area contributed by atoms with Gasteiger partial charge >= 0.3 is 0 Å². The van der Waals surface area contributed by atoms with E-state index in [-0.39, 0.29) is 18.2 Å². The molecule has 1 aliphatic rings. The van der Waals surface area contributed by atoms with Crippen LogP contribution in [0.3, 0.4) is 0 Å². The molecule has 1 unspecified atom stereocenters. The number of benzene rings is 1. The van der Waals surface area contributed by atoms with E-state index in [4.69, 9.17) is 5.26 Å². The number of nitrogens with zero attached hydrogens (tertiary/aromatic N) is 4. The lowest BCUT2D eigenvalue weighted by Crippen LogP contribution is -2.45. The minimum Gasteiger partial charge on any atom is -0.324 e. The maximum Gasteiger partial charge on any atom is 0.248 e. The summed E-state index contributed by atoms with van der Waals surface area (Å²) in [5.74, 6) is 0.672. The molecule has 30 heavy (non-hydrogen) atoms. The number of rotatable bonds is 5. The average molecular weight is 436 g/mol. The Balaban J connectivity index is 1.40. The van der Waals surface area contributed by atoms with Crippen LogP contribution in [0.2, 0.25) is 0 Å². The molecule has 0 saturated carbocycles. The molecule has 1 saturated heterocycles. The highest BCUT2D eigenvalue weighted by Gasteiger charge is 2.34. The fraction of sp³-hybridized carbons (Fsp3) is 0.190. The lowest BCUT2D eigenvalue weighted by atomic mass is 10.2. The summed E-state index contributed by atoms with van der Waals surface area (Å²) >= 11 is 3.02. The molecule has 1 N–H and O–H groups in total. The smallest absolute Gasteiger partial charge is 0.248 e. The van der Waals surface area contributed by atoms with Gasteiger partial charge in [-0.1, -0.05) is 0 Å². The number of hydrogen-bond donors (Lipinski definition) is 1. The maximum absolute atomic E-state index is 12.9. The SMILES string of the molecule is N#Cc1ccc(NC(=O)C2CSCN2C(=O)Cc2csc(-c3cccnc3)n2)cc1. The molecule has 1 aliphatic heterocycles. The van der Waals surface area contributed by atoms with E-state index in [1.165, 1.54) is 11.3 Å². The Morgan fingerprint density at radius 2 is 2.10 bits per heavy atom. The Hall–Kier alpha value is -3.22. The van der Waals surface area contributed by atoms with Crippen LogP contribution >= 0.6 is 23.1 Å². The highest BCUT2D eigenvalue weighted by molar-refractivity contribution is 7.99. The Morgan fingerprint density at radius 3 is 2.83 bits per heavy atom. The maximum atomic E-state index is 12.9. The van der Waals surface area contributed by atoms with Crippen molar-refractivity contribution in [2.24, 2.45) is 0 Å². The quantitative estimate of drug-likeness (QED) is 0.661. The molecule has 0 spiro atoms. The third-order valence-electron chi connectivity index (χ3n) is 4.58. The molecule has 3 aromatic rings.